The highest BCUT2D eigenvalue weighted by Crippen LogP contribution is 2.27. The molecule has 0 heterocycles. The molecule has 0 fully saturated rings. The summed E-state index contributed by atoms with van der Waals surface area (Å²) in [6.07, 6.45) is 7.23. The number of rotatable bonds is 1. The molecule has 0 radical (unpaired) electrons. The van der Waals surface area contributed by atoms with Gasteiger partial charge < -0.3 is 5.11 Å². The zero-order chi connectivity index (χ0) is 9.80. The topological polar surface area (TPSA) is 20.2 Å². The molecule has 0 saturated heterocycles. The monoisotopic (exact) mass is 188 g/mol. The highest BCUT2D eigenvalue weighted by Gasteiger charge is 2.19. The fourth-order valence-electron chi connectivity index (χ4n) is 2.00. The molecule has 2 atom stereocenters. The van der Waals surface area contributed by atoms with Crippen LogP contribution in [0.4, 0.5) is 0 Å². The molecule has 0 amide bonds. The lowest BCUT2D eigenvalue weighted by atomic mass is 9.92. The van der Waals surface area contributed by atoms with E-state index in [1.165, 1.54) is 5.56 Å². The summed E-state index contributed by atoms with van der Waals surface area (Å²) in [5, 5.41) is 9.95. The molecule has 2 rings (SSSR count). The van der Waals surface area contributed by atoms with Crippen molar-refractivity contribution in [1.82, 2.24) is 0 Å². The van der Waals surface area contributed by atoms with Gasteiger partial charge in [-0.15, -0.1) is 0 Å². The molecule has 0 aromatic heterocycles. The van der Waals surface area contributed by atoms with Gasteiger partial charge in [0.25, 0.3) is 0 Å². The lowest BCUT2D eigenvalue weighted by Gasteiger charge is -2.18. The normalized spacial score (nSPS) is 27.2. The van der Waals surface area contributed by atoms with Crippen molar-refractivity contribution in [3.8, 4) is 0 Å². The first-order valence-electron chi connectivity index (χ1n) is 5.27. The lowest BCUT2D eigenvalue weighted by molar-refractivity contribution is 0.149. The summed E-state index contributed by atoms with van der Waals surface area (Å²) in [5.74, 6) is 0.193. The highest BCUT2D eigenvalue weighted by molar-refractivity contribution is 5.25. The molecule has 0 bridgehead atoms. The van der Waals surface area contributed by atoms with Crippen molar-refractivity contribution < 1.29 is 5.11 Å². The van der Waals surface area contributed by atoms with Crippen molar-refractivity contribution >= 4 is 0 Å². The Morgan fingerprint density at radius 1 is 1.14 bits per heavy atom. The quantitative estimate of drug-likeness (QED) is 0.672. The van der Waals surface area contributed by atoms with E-state index in [0.717, 1.165) is 19.3 Å². The molecular weight excluding hydrogens is 172 g/mol. The van der Waals surface area contributed by atoms with Crippen LogP contribution in [-0.2, 0) is 0 Å². The predicted molar refractivity (Wildman–Crippen MR) is 58.2 cm³/mol. The maximum atomic E-state index is 9.95. The molecule has 0 spiro atoms. The number of aliphatic hydroxyl groups excluding tert-OH is 1. The van der Waals surface area contributed by atoms with Gasteiger partial charge in [-0.2, -0.15) is 0 Å². The van der Waals surface area contributed by atoms with E-state index < -0.39 is 0 Å². The summed E-state index contributed by atoms with van der Waals surface area (Å²) in [4.78, 5) is 0. The molecule has 14 heavy (non-hydrogen) atoms. The molecule has 1 aliphatic rings. The zero-order valence-electron chi connectivity index (χ0n) is 8.26. The zero-order valence-corrected chi connectivity index (χ0v) is 8.26. The second-order valence-corrected chi connectivity index (χ2v) is 3.86. The lowest BCUT2D eigenvalue weighted by Crippen LogP contribution is -2.15. The number of allylic oxidation sites excluding steroid dienone is 1. The number of aliphatic hydroxyl groups is 1. The van der Waals surface area contributed by atoms with E-state index in [1.807, 2.05) is 18.2 Å². The van der Waals surface area contributed by atoms with Crippen molar-refractivity contribution in [1.29, 1.82) is 0 Å². The SMILES string of the molecule is O[C@H]1CCCC=C[C@H]1c1ccccc1. The Hall–Kier alpha value is -1.08. The molecule has 1 aliphatic carbocycles. The van der Waals surface area contributed by atoms with Crippen LogP contribution in [0.3, 0.4) is 0 Å². The van der Waals surface area contributed by atoms with Crippen molar-refractivity contribution in [2.75, 3.05) is 0 Å². The third-order valence-corrected chi connectivity index (χ3v) is 2.81. The van der Waals surface area contributed by atoms with Crippen LogP contribution in [0.1, 0.15) is 30.7 Å². The molecule has 1 heteroatoms. The van der Waals surface area contributed by atoms with Crippen LogP contribution in [0, 0.1) is 0 Å². The second kappa shape index (κ2) is 4.43. The fourth-order valence-corrected chi connectivity index (χ4v) is 2.00. The van der Waals surface area contributed by atoms with E-state index in [9.17, 15) is 5.11 Å². The standard InChI is InChI=1S/C13H16O/c14-13-10-6-2-5-9-12(13)11-7-3-1-4-8-11/h1,3-5,7-9,12-14H,2,6,10H2/t12-,13-/m0/s1. The van der Waals surface area contributed by atoms with Crippen LogP contribution in [0.2, 0.25) is 0 Å². The van der Waals surface area contributed by atoms with Gasteiger partial charge in [0, 0.05) is 5.92 Å². The molecule has 1 N–H and O–H groups in total. The van der Waals surface area contributed by atoms with E-state index in [1.54, 1.807) is 0 Å². The van der Waals surface area contributed by atoms with Gasteiger partial charge in [-0.25, -0.2) is 0 Å². The Kier molecular flexibility index (Phi) is 3.00. The highest BCUT2D eigenvalue weighted by atomic mass is 16.3. The first kappa shape index (κ1) is 9.47. The van der Waals surface area contributed by atoms with Crippen molar-refractivity contribution in [3.63, 3.8) is 0 Å². The van der Waals surface area contributed by atoms with Gasteiger partial charge in [0.1, 0.15) is 0 Å². The average Bonchev–Trinajstić information content (AvgIpc) is 2.44. The summed E-state index contributed by atoms with van der Waals surface area (Å²) in [6.45, 7) is 0. The number of benzene rings is 1. The number of hydrogen-bond donors (Lipinski definition) is 1. The maximum absolute atomic E-state index is 9.95. The predicted octanol–water partition coefficient (Wildman–Crippen LogP) is 2.87. The Bertz CT molecular complexity index is 302. The third-order valence-electron chi connectivity index (χ3n) is 2.81. The van der Waals surface area contributed by atoms with Gasteiger partial charge in [-0.05, 0) is 24.8 Å². The van der Waals surface area contributed by atoms with Gasteiger partial charge in [0.2, 0.25) is 0 Å². The Balaban J connectivity index is 2.23. The Labute approximate surface area is 85.1 Å². The smallest absolute Gasteiger partial charge is 0.0643 e. The van der Waals surface area contributed by atoms with Gasteiger partial charge in [0.15, 0.2) is 0 Å². The van der Waals surface area contributed by atoms with E-state index in [0.29, 0.717) is 0 Å². The second-order valence-electron chi connectivity index (χ2n) is 3.86. The first-order valence-corrected chi connectivity index (χ1v) is 5.27. The summed E-state index contributed by atoms with van der Waals surface area (Å²) in [7, 11) is 0. The largest absolute Gasteiger partial charge is 0.392 e. The average molecular weight is 188 g/mol. The molecule has 1 aromatic rings. The molecule has 1 aromatic carbocycles. The third kappa shape index (κ3) is 2.05. The summed E-state index contributed by atoms with van der Waals surface area (Å²) in [6, 6.07) is 10.2. The minimum Gasteiger partial charge on any atom is -0.392 e. The molecule has 1 nitrogen and oxygen atoms in total. The van der Waals surface area contributed by atoms with Crippen molar-refractivity contribution in [2.24, 2.45) is 0 Å². The summed E-state index contributed by atoms with van der Waals surface area (Å²) >= 11 is 0. The minimum atomic E-state index is -0.212. The molecule has 74 valence electrons. The van der Waals surface area contributed by atoms with Crippen LogP contribution < -0.4 is 0 Å². The molecular formula is C13H16O. The molecule has 0 saturated carbocycles. The first-order chi connectivity index (χ1) is 6.88. The van der Waals surface area contributed by atoms with Gasteiger partial charge in [0.05, 0.1) is 6.10 Å². The van der Waals surface area contributed by atoms with Crippen molar-refractivity contribution in [3.05, 3.63) is 48.0 Å². The van der Waals surface area contributed by atoms with Crippen LogP contribution in [0.15, 0.2) is 42.5 Å². The van der Waals surface area contributed by atoms with E-state index in [4.69, 9.17) is 0 Å². The van der Waals surface area contributed by atoms with Gasteiger partial charge >= 0.3 is 0 Å². The minimum absolute atomic E-state index is 0.193. The van der Waals surface area contributed by atoms with Gasteiger partial charge in [-0.3, -0.25) is 0 Å². The number of hydrogen-bond acceptors (Lipinski definition) is 1. The van der Waals surface area contributed by atoms with Gasteiger partial charge in [-0.1, -0.05) is 42.5 Å². The summed E-state index contributed by atoms with van der Waals surface area (Å²) < 4.78 is 0. The van der Waals surface area contributed by atoms with Crippen LogP contribution in [0.25, 0.3) is 0 Å². The van der Waals surface area contributed by atoms with Crippen LogP contribution in [0.5, 0.6) is 0 Å². The van der Waals surface area contributed by atoms with Crippen molar-refractivity contribution in [2.45, 2.75) is 31.3 Å². The van der Waals surface area contributed by atoms with E-state index in [2.05, 4.69) is 24.3 Å². The molecule has 0 unspecified atom stereocenters. The maximum Gasteiger partial charge on any atom is 0.0643 e. The molecule has 0 aliphatic heterocycles. The van der Waals surface area contributed by atoms with E-state index in [-0.39, 0.29) is 12.0 Å². The summed E-state index contributed by atoms with van der Waals surface area (Å²) in [5.41, 5.74) is 1.22. The van der Waals surface area contributed by atoms with Crippen LogP contribution in [-0.4, -0.2) is 11.2 Å². The van der Waals surface area contributed by atoms with E-state index >= 15 is 0 Å². The Morgan fingerprint density at radius 3 is 2.71 bits per heavy atom. The van der Waals surface area contributed by atoms with Crippen LogP contribution >= 0.6 is 0 Å². The Morgan fingerprint density at radius 2 is 1.93 bits per heavy atom. The fraction of sp³-hybridized carbons (Fsp3) is 0.385.